The minimum atomic E-state index is -0.416. The molecule has 0 aliphatic heterocycles. The van der Waals surface area contributed by atoms with Crippen molar-refractivity contribution in [1.29, 1.82) is 0 Å². The van der Waals surface area contributed by atoms with Crippen molar-refractivity contribution in [2.75, 3.05) is 6.54 Å². The van der Waals surface area contributed by atoms with Crippen LogP contribution in [0.25, 0.3) is 0 Å². The summed E-state index contributed by atoms with van der Waals surface area (Å²) in [5.41, 5.74) is 5.07. The number of carbonyl (C=O) groups is 1. The molecule has 0 saturated heterocycles. The van der Waals surface area contributed by atoms with Crippen molar-refractivity contribution < 1.29 is 9.53 Å². The van der Waals surface area contributed by atoms with Crippen molar-refractivity contribution in [2.45, 2.75) is 45.3 Å². The summed E-state index contributed by atoms with van der Waals surface area (Å²) in [4.78, 5) is 11.3. The molecule has 1 saturated carbocycles. The quantitative estimate of drug-likeness (QED) is 0.705. The van der Waals surface area contributed by atoms with Crippen LogP contribution in [-0.4, -0.2) is 24.3 Å². The van der Waals surface area contributed by atoms with Crippen molar-refractivity contribution in [3.05, 3.63) is 0 Å². The second-order valence-electron chi connectivity index (χ2n) is 4.92. The minimum Gasteiger partial charge on any atom is -0.444 e. The molecule has 0 aromatic heterocycles. The zero-order valence-corrected chi connectivity index (χ0v) is 9.17. The average molecular weight is 200 g/mol. The average Bonchev–Trinajstić information content (AvgIpc) is 1.91. The minimum absolute atomic E-state index is 0.262. The first-order valence-corrected chi connectivity index (χ1v) is 5.10. The summed E-state index contributed by atoms with van der Waals surface area (Å²) in [7, 11) is 0. The van der Waals surface area contributed by atoms with E-state index in [0.717, 1.165) is 12.8 Å². The molecule has 1 aliphatic rings. The first-order valence-electron chi connectivity index (χ1n) is 5.10. The molecule has 0 aromatic carbocycles. The van der Waals surface area contributed by atoms with E-state index in [9.17, 15) is 4.79 Å². The lowest BCUT2D eigenvalue weighted by Crippen LogP contribution is -2.47. The van der Waals surface area contributed by atoms with Gasteiger partial charge in [0.05, 0.1) is 0 Å². The Morgan fingerprint density at radius 2 is 2.07 bits per heavy atom. The highest BCUT2D eigenvalue weighted by Crippen LogP contribution is 2.26. The van der Waals surface area contributed by atoms with Gasteiger partial charge in [0.25, 0.3) is 0 Å². The third-order valence-corrected chi connectivity index (χ3v) is 2.29. The Kier molecular flexibility index (Phi) is 3.37. The molecule has 3 N–H and O–H groups in total. The van der Waals surface area contributed by atoms with Crippen molar-refractivity contribution in [2.24, 2.45) is 11.7 Å². The number of hydrogen-bond acceptors (Lipinski definition) is 3. The smallest absolute Gasteiger partial charge is 0.407 e. The third kappa shape index (κ3) is 3.54. The van der Waals surface area contributed by atoms with E-state index in [1.54, 1.807) is 0 Å². The molecule has 4 heteroatoms. The molecule has 0 bridgehead atoms. The van der Waals surface area contributed by atoms with Gasteiger partial charge in [-0.05, 0) is 46.1 Å². The van der Waals surface area contributed by atoms with Crippen LogP contribution in [0.5, 0.6) is 0 Å². The molecule has 82 valence electrons. The van der Waals surface area contributed by atoms with Crippen LogP contribution in [0.4, 0.5) is 4.79 Å². The maximum Gasteiger partial charge on any atom is 0.407 e. The van der Waals surface area contributed by atoms with Crippen LogP contribution in [0.2, 0.25) is 0 Å². The molecular formula is C10H20N2O2. The Balaban J connectivity index is 2.17. The topological polar surface area (TPSA) is 64.3 Å². The fourth-order valence-electron chi connectivity index (χ4n) is 1.52. The molecule has 1 rings (SSSR count). The number of hydrogen-bond donors (Lipinski definition) is 2. The predicted octanol–water partition coefficient (Wildman–Crippen LogP) is 1.25. The summed E-state index contributed by atoms with van der Waals surface area (Å²) in [6.07, 6.45) is 1.64. The lowest BCUT2D eigenvalue weighted by molar-refractivity contribution is 0.0455. The van der Waals surface area contributed by atoms with Crippen molar-refractivity contribution in [3.63, 3.8) is 0 Å². The second-order valence-corrected chi connectivity index (χ2v) is 4.92. The summed E-state index contributed by atoms with van der Waals surface area (Å²) in [5.74, 6) is 0.579. The molecule has 0 aromatic rings. The third-order valence-electron chi connectivity index (χ3n) is 2.29. The highest BCUT2D eigenvalue weighted by Gasteiger charge is 2.30. The van der Waals surface area contributed by atoms with E-state index in [2.05, 4.69) is 5.32 Å². The van der Waals surface area contributed by atoms with E-state index in [1.807, 2.05) is 20.8 Å². The zero-order chi connectivity index (χ0) is 10.8. The van der Waals surface area contributed by atoms with E-state index in [0.29, 0.717) is 12.5 Å². The fourth-order valence-corrected chi connectivity index (χ4v) is 1.52. The van der Waals surface area contributed by atoms with Crippen LogP contribution in [-0.2, 0) is 4.74 Å². The van der Waals surface area contributed by atoms with E-state index in [-0.39, 0.29) is 12.1 Å². The molecule has 0 heterocycles. The lowest BCUT2D eigenvalue weighted by atomic mass is 9.80. The van der Waals surface area contributed by atoms with E-state index in [1.165, 1.54) is 0 Å². The first kappa shape index (κ1) is 11.3. The molecule has 4 nitrogen and oxygen atoms in total. The van der Waals surface area contributed by atoms with Crippen LogP contribution in [0.3, 0.4) is 0 Å². The van der Waals surface area contributed by atoms with Crippen LogP contribution >= 0.6 is 0 Å². The Morgan fingerprint density at radius 3 is 2.50 bits per heavy atom. The number of amides is 1. The summed E-state index contributed by atoms with van der Waals surface area (Å²) < 4.78 is 5.13. The Labute approximate surface area is 85.2 Å². The number of rotatable bonds is 2. The number of nitrogens with two attached hydrogens (primary N) is 1. The Morgan fingerprint density at radius 1 is 1.50 bits per heavy atom. The van der Waals surface area contributed by atoms with Gasteiger partial charge in [-0.25, -0.2) is 4.79 Å². The Bertz CT molecular complexity index is 205. The molecule has 0 radical (unpaired) electrons. The van der Waals surface area contributed by atoms with Gasteiger partial charge >= 0.3 is 6.09 Å². The summed E-state index contributed by atoms with van der Waals surface area (Å²) >= 11 is 0. The van der Waals surface area contributed by atoms with E-state index >= 15 is 0 Å². The van der Waals surface area contributed by atoms with Crippen LogP contribution in [0.1, 0.15) is 33.6 Å². The number of ether oxygens (including phenoxy) is 1. The van der Waals surface area contributed by atoms with E-state index in [4.69, 9.17) is 10.5 Å². The molecular weight excluding hydrogens is 180 g/mol. The van der Waals surface area contributed by atoms with Gasteiger partial charge < -0.3 is 15.8 Å². The summed E-state index contributed by atoms with van der Waals surface area (Å²) in [5, 5.41) is 2.82. The normalized spacial score (nSPS) is 26.6. The zero-order valence-electron chi connectivity index (χ0n) is 9.17. The van der Waals surface area contributed by atoms with Gasteiger partial charge in [0.15, 0.2) is 0 Å². The van der Waals surface area contributed by atoms with Gasteiger partial charge in [0, 0.05) is 6.04 Å². The largest absolute Gasteiger partial charge is 0.444 e. The van der Waals surface area contributed by atoms with Crippen molar-refractivity contribution in [1.82, 2.24) is 5.32 Å². The van der Waals surface area contributed by atoms with Crippen LogP contribution < -0.4 is 11.1 Å². The SMILES string of the molecule is CC(C)(C)OC(=O)N[C@H]1C[C@@H](CN)C1. The van der Waals surface area contributed by atoms with Gasteiger partial charge in [-0.15, -0.1) is 0 Å². The first-order chi connectivity index (χ1) is 6.40. The predicted molar refractivity (Wildman–Crippen MR) is 54.9 cm³/mol. The highest BCUT2D eigenvalue weighted by atomic mass is 16.6. The molecule has 0 spiro atoms. The molecule has 1 aliphatic carbocycles. The van der Waals surface area contributed by atoms with E-state index < -0.39 is 5.60 Å². The maximum absolute atomic E-state index is 11.3. The molecule has 0 unspecified atom stereocenters. The van der Waals surface area contributed by atoms with Gasteiger partial charge in [-0.2, -0.15) is 0 Å². The highest BCUT2D eigenvalue weighted by molar-refractivity contribution is 5.68. The van der Waals surface area contributed by atoms with Gasteiger partial charge in [-0.1, -0.05) is 0 Å². The van der Waals surface area contributed by atoms with Gasteiger partial charge in [0.1, 0.15) is 5.60 Å². The van der Waals surface area contributed by atoms with Crippen molar-refractivity contribution >= 4 is 6.09 Å². The summed E-state index contributed by atoms with van der Waals surface area (Å²) in [6, 6.07) is 0.262. The standard InChI is InChI=1S/C10H20N2O2/c1-10(2,3)14-9(13)12-8-4-7(5-8)6-11/h7-8H,4-6,11H2,1-3H3,(H,12,13)/t7-,8+. The number of carbonyl (C=O) groups excluding carboxylic acids is 1. The molecule has 14 heavy (non-hydrogen) atoms. The Hall–Kier alpha value is -0.770. The van der Waals surface area contributed by atoms with Crippen LogP contribution in [0, 0.1) is 5.92 Å². The van der Waals surface area contributed by atoms with Gasteiger partial charge in [0.2, 0.25) is 0 Å². The van der Waals surface area contributed by atoms with Gasteiger partial charge in [-0.3, -0.25) is 0 Å². The number of nitrogens with one attached hydrogen (secondary N) is 1. The maximum atomic E-state index is 11.3. The van der Waals surface area contributed by atoms with Crippen LogP contribution in [0.15, 0.2) is 0 Å². The lowest BCUT2D eigenvalue weighted by Gasteiger charge is -2.35. The summed E-state index contributed by atoms with van der Waals surface area (Å²) in [6.45, 7) is 6.29. The number of alkyl carbamates (subject to hydrolysis) is 1. The van der Waals surface area contributed by atoms with Crippen molar-refractivity contribution in [3.8, 4) is 0 Å². The molecule has 1 amide bonds. The molecule has 1 fully saturated rings. The fraction of sp³-hybridized carbons (Fsp3) is 0.900. The monoisotopic (exact) mass is 200 g/mol. The molecule has 0 atom stereocenters. The second kappa shape index (κ2) is 4.17.